The van der Waals surface area contributed by atoms with Gasteiger partial charge in [-0.15, -0.1) is 24.0 Å². The molecule has 1 aliphatic heterocycles. The molecule has 0 aliphatic carbocycles. The third-order valence-electron chi connectivity index (χ3n) is 5.02. The first-order valence-electron chi connectivity index (χ1n) is 10.00. The van der Waals surface area contributed by atoms with Crippen LogP contribution < -0.4 is 14.9 Å². The molecular weight excluding hydrogens is 532 g/mol. The molecular formula is C21H29FIN5O2S. The summed E-state index contributed by atoms with van der Waals surface area (Å²) < 4.78 is 40.0. The molecule has 0 saturated carbocycles. The normalized spacial score (nSPS) is 14.9. The Bertz CT molecular complexity index is 978. The Balaban J connectivity index is 0.00000341. The van der Waals surface area contributed by atoms with E-state index in [1.165, 1.54) is 13.1 Å². The lowest BCUT2D eigenvalue weighted by atomic mass is 10.2. The van der Waals surface area contributed by atoms with Gasteiger partial charge in [-0.05, 0) is 43.8 Å². The molecule has 1 saturated heterocycles. The number of benzene rings is 2. The third-order valence-corrected chi connectivity index (χ3v) is 6.45. The van der Waals surface area contributed by atoms with Crippen molar-refractivity contribution in [2.24, 2.45) is 4.99 Å². The second-order valence-electron chi connectivity index (χ2n) is 6.95. The van der Waals surface area contributed by atoms with Gasteiger partial charge in [-0.25, -0.2) is 22.5 Å². The van der Waals surface area contributed by atoms with Crippen molar-refractivity contribution in [1.82, 2.24) is 14.9 Å². The van der Waals surface area contributed by atoms with E-state index in [1.54, 1.807) is 30.3 Å². The number of aliphatic imine (C=N–C) groups is 1. The zero-order chi connectivity index (χ0) is 21.6. The maximum absolute atomic E-state index is 14.1. The Morgan fingerprint density at radius 2 is 1.71 bits per heavy atom. The molecule has 7 nitrogen and oxygen atoms in total. The highest BCUT2D eigenvalue weighted by Gasteiger charge is 2.21. The highest BCUT2D eigenvalue weighted by Crippen LogP contribution is 2.20. The Morgan fingerprint density at radius 3 is 2.29 bits per heavy atom. The van der Waals surface area contributed by atoms with Gasteiger partial charge in [-0.3, -0.25) is 0 Å². The molecule has 0 unspecified atom stereocenters. The Kier molecular flexibility index (Phi) is 9.51. The molecule has 2 aromatic carbocycles. The minimum atomic E-state index is -3.44. The van der Waals surface area contributed by atoms with Gasteiger partial charge in [0.15, 0.2) is 5.96 Å². The molecule has 10 heteroatoms. The van der Waals surface area contributed by atoms with Gasteiger partial charge >= 0.3 is 0 Å². The number of para-hydroxylation sites is 1. The number of rotatable bonds is 6. The molecule has 1 aliphatic rings. The van der Waals surface area contributed by atoms with Gasteiger partial charge in [0.25, 0.3) is 0 Å². The van der Waals surface area contributed by atoms with Gasteiger partial charge in [0.05, 0.1) is 17.1 Å². The van der Waals surface area contributed by atoms with Crippen LogP contribution in [-0.4, -0.2) is 59.0 Å². The van der Waals surface area contributed by atoms with Crippen LogP contribution in [0.5, 0.6) is 0 Å². The number of sulfonamides is 1. The minimum Gasteiger partial charge on any atom is -0.366 e. The van der Waals surface area contributed by atoms with Gasteiger partial charge in [-0.2, -0.15) is 0 Å². The summed E-state index contributed by atoms with van der Waals surface area (Å²) in [6, 6.07) is 13.5. The van der Waals surface area contributed by atoms with Crippen LogP contribution in [0.1, 0.15) is 12.5 Å². The van der Waals surface area contributed by atoms with Crippen LogP contribution in [0.2, 0.25) is 0 Å². The van der Waals surface area contributed by atoms with E-state index in [0.29, 0.717) is 25.3 Å². The van der Waals surface area contributed by atoms with E-state index in [0.717, 1.165) is 31.2 Å². The molecule has 2 N–H and O–H groups in total. The van der Waals surface area contributed by atoms with Crippen LogP contribution in [0.4, 0.5) is 10.1 Å². The lowest BCUT2D eigenvalue weighted by Gasteiger charge is -2.37. The van der Waals surface area contributed by atoms with E-state index in [-0.39, 0.29) is 34.7 Å². The first-order chi connectivity index (χ1) is 14.4. The van der Waals surface area contributed by atoms with Crippen molar-refractivity contribution >= 4 is 45.6 Å². The van der Waals surface area contributed by atoms with Gasteiger partial charge < -0.3 is 15.1 Å². The highest BCUT2D eigenvalue weighted by molar-refractivity contribution is 14.0. The van der Waals surface area contributed by atoms with Crippen LogP contribution in [0.15, 0.2) is 58.4 Å². The van der Waals surface area contributed by atoms with Crippen molar-refractivity contribution in [2.75, 3.05) is 44.7 Å². The molecule has 2 aromatic rings. The standard InChI is InChI=1S/C21H28FN5O2S.HI/c1-3-24-21(25-16-17-8-10-18(11-9-17)30(28,29)23-2)27-14-12-26(13-15-27)20-7-5-4-6-19(20)22;/h4-11,23H,3,12-16H2,1-2H3,(H,24,25);1H. The van der Waals surface area contributed by atoms with E-state index < -0.39 is 10.0 Å². The van der Waals surface area contributed by atoms with E-state index in [1.807, 2.05) is 19.1 Å². The van der Waals surface area contributed by atoms with E-state index in [2.05, 4.69) is 19.8 Å². The molecule has 0 radical (unpaired) electrons. The fourth-order valence-electron chi connectivity index (χ4n) is 3.35. The maximum Gasteiger partial charge on any atom is 0.240 e. The van der Waals surface area contributed by atoms with Crippen molar-refractivity contribution in [3.05, 3.63) is 59.9 Å². The quantitative estimate of drug-likeness (QED) is 0.322. The summed E-state index contributed by atoms with van der Waals surface area (Å²) in [7, 11) is -2.05. The minimum absolute atomic E-state index is 0. The summed E-state index contributed by atoms with van der Waals surface area (Å²) >= 11 is 0. The van der Waals surface area contributed by atoms with Crippen molar-refractivity contribution < 1.29 is 12.8 Å². The van der Waals surface area contributed by atoms with Crippen molar-refractivity contribution in [3.8, 4) is 0 Å². The smallest absolute Gasteiger partial charge is 0.240 e. The topological polar surface area (TPSA) is 77.0 Å². The molecule has 170 valence electrons. The van der Waals surface area contributed by atoms with E-state index in [9.17, 15) is 12.8 Å². The van der Waals surface area contributed by atoms with Crippen molar-refractivity contribution in [1.29, 1.82) is 0 Å². The summed E-state index contributed by atoms with van der Waals surface area (Å²) in [6.07, 6.45) is 0. The Labute approximate surface area is 200 Å². The number of nitrogens with zero attached hydrogens (tertiary/aromatic N) is 3. The number of guanidine groups is 1. The van der Waals surface area contributed by atoms with Crippen LogP contribution in [0, 0.1) is 5.82 Å². The summed E-state index contributed by atoms with van der Waals surface area (Å²) in [5.74, 6) is 0.605. The molecule has 0 aromatic heterocycles. The number of anilines is 1. The zero-order valence-electron chi connectivity index (χ0n) is 17.7. The molecule has 31 heavy (non-hydrogen) atoms. The molecule has 0 bridgehead atoms. The molecule has 0 atom stereocenters. The van der Waals surface area contributed by atoms with Gasteiger partial charge in [0, 0.05) is 32.7 Å². The molecule has 0 spiro atoms. The zero-order valence-corrected chi connectivity index (χ0v) is 20.9. The van der Waals surface area contributed by atoms with Crippen LogP contribution in [0.25, 0.3) is 0 Å². The molecule has 3 rings (SSSR count). The average Bonchev–Trinajstić information content (AvgIpc) is 2.77. The first-order valence-corrected chi connectivity index (χ1v) is 11.5. The maximum atomic E-state index is 14.1. The van der Waals surface area contributed by atoms with Crippen LogP contribution >= 0.6 is 24.0 Å². The van der Waals surface area contributed by atoms with E-state index >= 15 is 0 Å². The molecule has 1 heterocycles. The summed E-state index contributed by atoms with van der Waals surface area (Å²) in [4.78, 5) is 9.16. The lowest BCUT2D eigenvalue weighted by molar-refractivity contribution is 0.370. The average molecular weight is 561 g/mol. The van der Waals surface area contributed by atoms with Crippen molar-refractivity contribution in [3.63, 3.8) is 0 Å². The van der Waals surface area contributed by atoms with Crippen LogP contribution in [-0.2, 0) is 16.6 Å². The van der Waals surface area contributed by atoms with Gasteiger partial charge in [-0.1, -0.05) is 24.3 Å². The number of piperazine rings is 1. The van der Waals surface area contributed by atoms with E-state index in [4.69, 9.17) is 4.99 Å². The summed E-state index contributed by atoms with van der Waals surface area (Å²) in [6.45, 7) is 6.09. The molecule has 0 amide bonds. The lowest BCUT2D eigenvalue weighted by Crippen LogP contribution is -2.52. The highest BCUT2D eigenvalue weighted by atomic mass is 127. The Hall–Kier alpha value is -1.92. The number of halogens is 2. The predicted octanol–water partition coefficient (Wildman–Crippen LogP) is 2.64. The Morgan fingerprint density at radius 1 is 1.06 bits per heavy atom. The third kappa shape index (κ3) is 6.53. The first kappa shape index (κ1) is 25.3. The summed E-state index contributed by atoms with van der Waals surface area (Å²) in [5, 5.41) is 3.31. The number of hydrogen-bond donors (Lipinski definition) is 2. The predicted molar refractivity (Wildman–Crippen MR) is 133 cm³/mol. The van der Waals surface area contributed by atoms with Crippen LogP contribution in [0.3, 0.4) is 0 Å². The van der Waals surface area contributed by atoms with Crippen molar-refractivity contribution in [2.45, 2.75) is 18.4 Å². The SMILES string of the molecule is CCNC(=NCc1ccc(S(=O)(=O)NC)cc1)N1CCN(c2ccccc2F)CC1.I. The molecule has 1 fully saturated rings. The monoisotopic (exact) mass is 561 g/mol. The number of nitrogens with one attached hydrogen (secondary N) is 2. The summed E-state index contributed by atoms with van der Waals surface area (Å²) in [5.41, 5.74) is 1.56. The fourth-order valence-corrected chi connectivity index (χ4v) is 4.08. The number of hydrogen-bond acceptors (Lipinski definition) is 4. The second-order valence-corrected chi connectivity index (χ2v) is 8.83. The fraction of sp³-hybridized carbons (Fsp3) is 0.381. The van der Waals surface area contributed by atoms with Gasteiger partial charge in [0.1, 0.15) is 5.82 Å². The van der Waals surface area contributed by atoms with Gasteiger partial charge in [0.2, 0.25) is 10.0 Å². The largest absolute Gasteiger partial charge is 0.366 e. The second kappa shape index (κ2) is 11.6.